The van der Waals surface area contributed by atoms with Crippen LogP contribution >= 0.6 is 24.0 Å². The molecule has 0 radical (unpaired) electrons. The largest absolute Gasteiger partial charge is 0.361 e. The predicted molar refractivity (Wildman–Crippen MR) is 104 cm³/mol. The topological polar surface area (TPSA) is 52.2 Å². The van der Waals surface area contributed by atoms with Gasteiger partial charge in [-0.3, -0.25) is 4.99 Å². The second kappa shape index (κ2) is 7.85. The molecule has 1 aromatic heterocycles. The number of aryl methyl sites for hydroxylation is 1. The Hall–Kier alpha value is -1.24. The van der Waals surface area contributed by atoms with Gasteiger partial charge >= 0.3 is 0 Å². The summed E-state index contributed by atoms with van der Waals surface area (Å²) in [5.41, 5.74) is 3.93. The highest BCUT2D eigenvalue weighted by atomic mass is 127. The summed E-state index contributed by atoms with van der Waals surface area (Å²) in [4.78, 5) is 7.63. The lowest BCUT2D eigenvalue weighted by Gasteiger charge is -2.11. The van der Waals surface area contributed by atoms with Crippen LogP contribution in [0.4, 0.5) is 0 Å². The lowest BCUT2D eigenvalue weighted by molar-refractivity contribution is 0.735. The normalized spacial score (nSPS) is 14.7. The number of hydrogen-bond acceptors (Lipinski definition) is 1. The number of H-pyrrole nitrogens is 1. The van der Waals surface area contributed by atoms with Gasteiger partial charge in [-0.05, 0) is 49.3 Å². The fourth-order valence-corrected chi connectivity index (χ4v) is 2.75. The van der Waals surface area contributed by atoms with Crippen LogP contribution in [-0.4, -0.2) is 31.1 Å². The number of nitrogens with one attached hydrogen (secondary N) is 3. The van der Waals surface area contributed by atoms with E-state index in [1.807, 2.05) is 7.05 Å². The summed E-state index contributed by atoms with van der Waals surface area (Å²) in [6.07, 6.45) is 5.84. The van der Waals surface area contributed by atoms with Gasteiger partial charge in [0.25, 0.3) is 0 Å². The number of aliphatic imine (C=N–C) groups is 1. The first-order valence-corrected chi connectivity index (χ1v) is 7.78. The predicted octanol–water partition coefficient (Wildman–Crippen LogP) is 3.21. The molecule has 0 aliphatic heterocycles. The van der Waals surface area contributed by atoms with E-state index >= 15 is 0 Å². The Labute approximate surface area is 149 Å². The summed E-state index contributed by atoms with van der Waals surface area (Å²) in [6.45, 7) is 4.11. The van der Waals surface area contributed by atoms with E-state index in [0.29, 0.717) is 0 Å². The van der Waals surface area contributed by atoms with Gasteiger partial charge in [-0.2, -0.15) is 0 Å². The number of guanidine groups is 1. The maximum Gasteiger partial charge on any atom is 0.190 e. The highest BCUT2D eigenvalue weighted by molar-refractivity contribution is 14.0. The Morgan fingerprint density at radius 1 is 1.32 bits per heavy atom. The molecule has 0 spiro atoms. The van der Waals surface area contributed by atoms with E-state index in [0.717, 1.165) is 31.4 Å². The molecule has 2 aromatic rings. The van der Waals surface area contributed by atoms with Crippen LogP contribution in [0.3, 0.4) is 0 Å². The molecule has 1 aliphatic rings. The zero-order chi connectivity index (χ0) is 14.7. The highest BCUT2D eigenvalue weighted by Crippen LogP contribution is 2.27. The van der Waals surface area contributed by atoms with Gasteiger partial charge in [-0.25, -0.2) is 0 Å². The molecule has 120 valence electrons. The van der Waals surface area contributed by atoms with E-state index in [1.165, 1.54) is 34.9 Å². The molecule has 1 fully saturated rings. The number of aromatic nitrogens is 1. The molecule has 3 rings (SSSR count). The van der Waals surface area contributed by atoms with Crippen molar-refractivity contribution in [1.29, 1.82) is 0 Å². The van der Waals surface area contributed by atoms with Crippen LogP contribution in [0.15, 0.2) is 29.4 Å². The molecule has 3 N–H and O–H groups in total. The van der Waals surface area contributed by atoms with Gasteiger partial charge in [-0.1, -0.05) is 12.1 Å². The fraction of sp³-hybridized carbons (Fsp3) is 0.471. The van der Waals surface area contributed by atoms with Crippen LogP contribution in [0.5, 0.6) is 0 Å². The Kier molecular flexibility index (Phi) is 6.11. The summed E-state index contributed by atoms with van der Waals surface area (Å²) in [5, 5.41) is 8.15. The minimum absolute atomic E-state index is 0. The van der Waals surface area contributed by atoms with Crippen molar-refractivity contribution in [2.24, 2.45) is 10.9 Å². The van der Waals surface area contributed by atoms with Gasteiger partial charge in [0, 0.05) is 37.2 Å². The van der Waals surface area contributed by atoms with E-state index in [1.54, 1.807) is 0 Å². The van der Waals surface area contributed by atoms with Crippen molar-refractivity contribution in [2.45, 2.75) is 26.2 Å². The molecule has 0 saturated heterocycles. The second-order valence-electron chi connectivity index (χ2n) is 5.88. The van der Waals surface area contributed by atoms with Crippen LogP contribution in [0.1, 0.15) is 24.0 Å². The SMILES string of the molecule is CN=C(NCCc1c[nH]c2cccc(C)c12)NCC1CC1.I. The molecule has 0 bridgehead atoms. The lowest BCUT2D eigenvalue weighted by atomic mass is 10.1. The Morgan fingerprint density at radius 3 is 2.86 bits per heavy atom. The summed E-state index contributed by atoms with van der Waals surface area (Å²) < 4.78 is 0. The molecule has 5 heteroatoms. The van der Waals surface area contributed by atoms with Crippen molar-refractivity contribution < 1.29 is 0 Å². The van der Waals surface area contributed by atoms with Gasteiger partial charge in [-0.15, -0.1) is 24.0 Å². The molecule has 4 nitrogen and oxygen atoms in total. The average Bonchev–Trinajstić information content (AvgIpc) is 3.22. The molecule has 0 unspecified atom stereocenters. The van der Waals surface area contributed by atoms with Crippen molar-refractivity contribution in [3.8, 4) is 0 Å². The number of aromatic amines is 1. The molecule has 1 aliphatic carbocycles. The van der Waals surface area contributed by atoms with Gasteiger partial charge in [0.2, 0.25) is 0 Å². The van der Waals surface area contributed by atoms with Gasteiger partial charge in [0.05, 0.1) is 0 Å². The van der Waals surface area contributed by atoms with Crippen molar-refractivity contribution >= 4 is 40.8 Å². The number of benzene rings is 1. The second-order valence-corrected chi connectivity index (χ2v) is 5.88. The van der Waals surface area contributed by atoms with E-state index < -0.39 is 0 Å². The van der Waals surface area contributed by atoms with E-state index in [9.17, 15) is 0 Å². The maximum absolute atomic E-state index is 4.27. The standard InChI is InChI=1S/C17H24N4.HI/c1-12-4-3-5-15-16(12)14(11-20-15)8-9-19-17(18-2)21-10-13-6-7-13;/h3-5,11,13,20H,6-10H2,1-2H3,(H2,18,19,21);1H. The van der Waals surface area contributed by atoms with Crippen LogP contribution in [0.25, 0.3) is 10.9 Å². The monoisotopic (exact) mass is 412 g/mol. The smallest absolute Gasteiger partial charge is 0.190 e. The first-order chi connectivity index (χ1) is 10.3. The number of rotatable bonds is 5. The molecule has 1 saturated carbocycles. The summed E-state index contributed by atoms with van der Waals surface area (Å²) >= 11 is 0. The van der Waals surface area contributed by atoms with Gasteiger partial charge < -0.3 is 15.6 Å². The first kappa shape index (κ1) is 17.1. The van der Waals surface area contributed by atoms with Gasteiger partial charge in [0.15, 0.2) is 5.96 Å². The Morgan fingerprint density at radius 2 is 2.14 bits per heavy atom. The van der Waals surface area contributed by atoms with Crippen LogP contribution in [-0.2, 0) is 6.42 Å². The summed E-state index contributed by atoms with van der Waals surface area (Å²) in [7, 11) is 1.83. The quantitative estimate of drug-likeness (QED) is 0.401. The molecule has 0 atom stereocenters. The highest BCUT2D eigenvalue weighted by Gasteiger charge is 2.20. The third-order valence-corrected chi connectivity index (χ3v) is 4.16. The van der Waals surface area contributed by atoms with E-state index in [-0.39, 0.29) is 24.0 Å². The fourth-order valence-electron chi connectivity index (χ4n) is 2.75. The number of nitrogens with zero attached hydrogens (tertiary/aromatic N) is 1. The van der Waals surface area contributed by atoms with Crippen LogP contribution < -0.4 is 10.6 Å². The first-order valence-electron chi connectivity index (χ1n) is 7.78. The van der Waals surface area contributed by atoms with Crippen molar-refractivity contribution in [3.05, 3.63) is 35.5 Å². The third kappa shape index (κ3) is 4.15. The number of fused-ring (bicyclic) bond motifs is 1. The zero-order valence-corrected chi connectivity index (χ0v) is 15.6. The molecule has 22 heavy (non-hydrogen) atoms. The summed E-state index contributed by atoms with van der Waals surface area (Å²) in [6, 6.07) is 6.40. The Balaban J connectivity index is 0.00000176. The third-order valence-electron chi connectivity index (χ3n) is 4.16. The zero-order valence-electron chi connectivity index (χ0n) is 13.3. The maximum atomic E-state index is 4.27. The number of hydrogen-bond donors (Lipinski definition) is 3. The molecular formula is C17H25IN4. The molecule has 1 aromatic carbocycles. The molecular weight excluding hydrogens is 387 g/mol. The average molecular weight is 412 g/mol. The van der Waals surface area contributed by atoms with Crippen LogP contribution in [0.2, 0.25) is 0 Å². The Bertz CT molecular complexity index is 643. The molecule has 1 heterocycles. The number of halogens is 1. The minimum atomic E-state index is 0. The molecule has 0 amide bonds. The van der Waals surface area contributed by atoms with Crippen molar-refractivity contribution in [3.63, 3.8) is 0 Å². The summed E-state index contributed by atoms with van der Waals surface area (Å²) in [5.74, 6) is 1.78. The van der Waals surface area contributed by atoms with E-state index in [2.05, 4.69) is 51.9 Å². The minimum Gasteiger partial charge on any atom is -0.361 e. The van der Waals surface area contributed by atoms with Crippen LogP contribution in [0, 0.1) is 12.8 Å². The van der Waals surface area contributed by atoms with Crippen molar-refractivity contribution in [1.82, 2.24) is 15.6 Å². The van der Waals surface area contributed by atoms with Crippen molar-refractivity contribution in [2.75, 3.05) is 20.1 Å². The van der Waals surface area contributed by atoms with E-state index in [4.69, 9.17) is 0 Å². The lowest BCUT2D eigenvalue weighted by Crippen LogP contribution is -2.39. The van der Waals surface area contributed by atoms with Gasteiger partial charge in [0.1, 0.15) is 0 Å².